The summed E-state index contributed by atoms with van der Waals surface area (Å²) in [4.78, 5) is 24.6. The Morgan fingerprint density at radius 1 is 1.21 bits per heavy atom. The van der Waals surface area contributed by atoms with Crippen LogP contribution in [0.1, 0.15) is 79.4 Å². The molecule has 0 spiro atoms. The van der Waals surface area contributed by atoms with Gasteiger partial charge in [0.05, 0.1) is 42.3 Å². The highest BCUT2D eigenvalue weighted by Gasteiger charge is 2.50. The number of carbonyl (C=O) groups is 1. The van der Waals surface area contributed by atoms with Gasteiger partial charge >= 0.3 is 5.97 Å². The quantitative estimate of drug-likeness (QED) is 0.209. The summed E-state index contributed by atoms with van der Waals surface area (Å²) >= 11 is 5.24. The van der Waals surface area contributed by atoms with Crippen molar-refractivity contribution in [2.45, 2.75) is 104 Å². The molecule has 5 unspecified atom stereocenters. The standard InChI is InChI=1S/C29H43N3O4S3.C2H6.CH4/c1-8-9-10-12-18-13-11-14-21(35-6)22(18)24-30-19(15-37-24)25-32(5)20(16-38-25)23(33)28(2,3)26-31-29(4,17-39-26)27(34)36-7;1-2;/h11,13-14,19-20,23,25,33H,8-10,12,15-17H2,1-7H3;1-2H3;1H4. The molecule has 1 aromatic rings. The molecule has 5 atom stereocenters. The molecule has 3 aliphatic rings. The third-order valence-electron chi connectivity index (χ3n) is 8.08. The Balaban J connectivity index is 0.00000201. The second kappa shape index (κ2) is 16.2. The number of ether oxygens (including phenoxy) is 2. The van der Waals surface area contributed by atoms with Gasteiger partial charge in [-0.1, -0.05) is 67.0 Å². The average Bonchev–Trinajstić information content (AvgIpc) is 3.72. The zero-order valence-electron chi connectivity index (χ0n) is 26.2. The van der Waals surface area contributed by atoms with Gasteiger partial charge in [-0.25, -0.2) is 4.79 Å². The molecule has 0 saturated carbocycles. The molecule has 4 rings (SSSR count). The first-order chi connectivity index (χ1) is 19.6. The lowest BCUT2D eigenvalue weighted by atomic mass is 9.83. The van der Waals surface area contributed by atoms with E-state index in [1.54, 1.807) is 25.8 Å². The fraction of sp³-hybridized carbons (Fsp3) is 0.719. The van der Waals surface area contributed by atoms with E-state index in [4.69, 9.17) is 19.5 Å². The van der Waals surface area contributed by atoms with E-state index in [1.165, 1.54) is 25.5 Å². The molecule has 0 radical (unpaired) electrons. The smallest absolute Gasteiger partial charge is 0.334 e. The van der Waals surface area contributed by atoms with Crippen LogP contribution in [0.2, 0.25) is 0 Å². The van der Waals surface area contributed by atoms with E-state index in [9.17, 15) is 9.90 Å². The van der Waals surface area contributed by atoms with E-state index in [2.05, 4.69) is 31.0 Å². The number of esters is 1. The lowest BCUT2D eigenvalue weighted by molar-refractivity contribution is -0.145. The number of nitrogens with zero attached hydrogens (tertiary/aromatic N) is 3. The Hall–Kier alpha value is -1.20. The molecule has 3 heterocycles. The average molecular weight is 640 g/mol. The van der Waals surface area contributed by atoms with Gasteiger partial charge in [0.2, 0.25) is 0 Å². The molecular formula is C32H53N3O4S3. The maximum absolute atomic E-state index is 12.3. The van der Waals surface area contributed by atoms with Crippen molar-refractivity contribution in [3.63, 3.8) is 0 Å². The molecule has 1 N–H and O–H groups in total. The second-order valence-electron chi connectivity index (χ2n) is 11.4. The van der Waals surface area contributed by atoms with Crippen LogP contribution in [0.15, 0.2) is 28.2 Å². The van der Waals surface area contributed by atoms with E-state index in [0.29, 0.717) is 5.75 Å². The highest BCUT2D eigenvalue weighted by molar-refractivity contribution is 8.15. The number of benzene rings is 1. The first-order valence-electron chi connectivity index (χ1n) is 14.8. The van der Waals surface area contributed by atoms with Crippen LogP contribution in [0.5, 0.6) is 5.75 Å². The largest absolute Gasteiger partial charge is 0.496 e. The lowest BCUT2D eigenvalue weighted by Crippen LogP contribution is -2.51. The van der Waals surface area contributed by atoms with Crippen molar-refractivity contribution in [2.24, 2.45) is 15.4 Å². The van der Waals surface area contributed by atoms with Gasteiger partial charge in [-0.2, -0.15) is 0 Å². The van der Waals surface area contributed by atoms with E-state index >= 15 is 0 Å². The summed E-state index contributed by atoms with van der Waals surface area (Å²) in [6.07, 6.45) is 3.97. The molecular weight excluding hydrogens is 587 g/mol. The Kier molecular flexibility index (Phi) is 14.3. The third-order valence-corrected chi connectivity index (χ3v) is 12.3. The van der Waals surface area contributed by atoms with Crippen LogP contribution in [0.4, 0.5) is 0 Å². The number of aliphatic hydroxyl groups is 1. The predicted molar refractivity (Wildman–Crippen MR) is 185 cm³/mol. The number of hydrogen-bond acceptors (Lipinski definition) is 10. The van der Waals surface area contributed by atoms with Crippen molar-refractivity contribution in [1.82, 2.24) is 4.90 Å². The fourth-order valence-electron chi connectivity index (χ4n) is 5.51. The molecule has 0 bridgehead atoms. The molecule has 1 saturated heterocycles. The van der Waals surface area contributed by atoms with Crippen LogP contribution in [0, 0.1) is 5.41 Å². The first kappa shape index (κ1) is 37.0. The topological polar surface area (TPSA) is 83.7 Å². The molecule has 10 heteroatoms. The minimum absolute atomic E-state index is 0. The van der Waals surface area contributed by atoms with Crippen LogP contribution >= 0.6 is 35.3 Å². The Morgan fingerprint density at radius 2 is 1.93 bits per heavy atom. The van der Waals surface area contributed by atoms with Crippen LogP contribution in [-0.4, -0.2) is 93.7 Å². The summed E-state index contributed by atoms with van der Waals surface area (Å²) in [5.74, 6) is 2.83. The van der Waals surface area contributed by atoms with Gasteiger partial charge in [-0.15, -0.1) is 35.3 Å². The van der Waals surface area contributed by atoms with Gasteiger partial charge < -0.3 is 14.6 Å². The Bertz CT molecular complexity index is 1110. The number of unbranched alkanes of at least 4 members (excludes halogenated alkanes) is 2. The van der Waals surface area contributed by atoms with Crippen molar-refractivity contribution in [2.75, 3.05) is 38.5 Å². The van der Waals surface area contributed by atoms with Crippen molar-refractivity contribution < 1.29 is 19.4 Å². The van der Waals surface area contributed by atoms with Crippen molar-refractivity contribution >= 4 is 51.3 Å². The monoisotopic (exact) mass is 639 g/mol. The van der Waals surface area contributed by atoms with E-state index in [0.717, 1.165) is 45.7 Å². The number of aryl methyl sites for hydroxylation is 1. The number of carbonyl (C=O) groups excluding carboxylic acids is 1. The molecule has 3 aliphatic heterocycles. The number of aliphatic hydroxyl groups excluding tert-OH is 1. The van der Waals surface area contributed by atoms with E-state index in [-0.39, 0.29) is 30.9 Å². The summed E-state index contributed by atoms with van der Waals surface area (Å²) < 4.78 is 10.8. The maximum Gasteiger partial charge on any atom is 0.334 e. The number of thioether (sulfide) groups is 3. The minimum atomic E-state index is -0.898. The van der Waals surface area contributed by atoms with E-state index in [1.807, 2.05) is 57.3 Å². The molecule has 0 amide bonds. The summed E-state index contributed by atoms with van der Waals surface area (Å²) in [5, 5.41) is 13.7. The van der Waals surface area contributed by atoms with Crippen LogP contribution in [0.25, 0.3) is 0 Å². The lowest BCUT2D eigenvalue weighted by Gasteiger charge is -2.38. The van der Waals surface area contributed by atoms with E-state index < -0.39 is 17.1 Å². The number of rotatable bonds is 11. The summed E-state index contributed by atoms with van der Waals surface area (Å²) in [6, 6.07) is 6.42. The molecule has 0 aliphatic carbocycles. The zero-order valence-corrected chi connectivity index (χ0v) is 28.7. The van der Waals surface area contributed by atoms with Crippen molar-refractivity contribution in [1.29, 1.82) is 0 Å². The number of aliphatic imine (C=N–C) groups is 2. The summed E-state index contributed by atoms with van der Waals surface area (Å²) in [7, 11) is 5.24. The molecule has 1 fully saturated rings. The molecule has 7 nitrogen and oxygen atoms in total. The third kappa shape index (κ3) is 7.71. The highest BCUT2D eigenvalue weighted by atomic mass is 32.2. The van der Waals surface area contributed by atoms with Crippen LogP contribution < -0.4 is 4.74 Å². The zero-order chi connectivity index (χ0) is 30.4. The fourth-order valence-corrected chi connectivity index (χ4v) is 9.75. The van der Waals surface area contributed by atoms with Crippen LogP contribution in [-0.2, 0) is 16.0 Å². The van der Waals surface area contributed by atoms with Gasteiger partial charge in [-0.05, 0) is 38.4 Å². The van der Waals surface area contributed by atoms with Crippen molar-refractivity contribution in [3.8, 4) is 5.75 Å². The molecule has 0 aromatic heterocycles. The van der Waals surface area contributed by atoms with Gasteiger partial charge in [0.15, 0.2) is 5.54 Å². The number of hydrogen-bond donors (Lipinski definition) is 1. The van der Waals surface area contributed by atoms with Crippen molar-refractivity contribution in [3.05, 3.63) is 29.3 Å². The van der Waals surface area contributed by atoms with Gasteiger partial charge in [-0.3, -0.25) is 14.9 Å². The summed E-state index contributed by atoms with van der Waals surface area (Å²) in [6.45, 7) is 12.1. The molecule has 42 heavy (non-hydrogen) atoms. The van der Waals surface area contributed by atoms with Gasteiger partial charge in [0.25, 0.3) is 0 Å². The predicted octanol–water partition coefficient (Wildman–Crippen LogP) is 6.79. The Labute approximate surface area is 267 Å². The Morgan fingerprint density at radius 3 is 2.57 bits per heavy atom. The second-order valence-corrected chi connectivity index (χ2v) is 14.5. The highest BCUT2D eigenvalue weighted by Crippen LogP contribution is 2.44. The normalized spacial score (nSPS) is 26.5. The van der Waals surface area contributed by atoms with Gasteiger partial charge in [0, 0.05) is 28.7 Å². The number of methoxy groups -OCH3 is 2. The van der Waals surface area contributed by atoms with Gasteiger partial charge in [0.1, 0.15) is 10.8 Å². The number of likely N-dealkylation sites (N-methyl/N-ethyl adjacent to an activating group) is 1. The SMILES string of the molecule is C.CC.CCCCCc1cccc(OC)c1C1=NC(C2SCC(C(O)C(C)(C)C3=NC(C)(C(=O)OC)CS3)N2C)CS1. The summed E-state index contributed by atoms with van der Waals surface area (Å²) in [5.41, 5.74) is 0.974. The minimum Gasteiger partial charge on any atom is -0.496 e. The van der Waals surface area contributed by atoms with Crippen LogP contribution in [0.3, 0.4) is 0 Å². The maximum atomic E-state index is 12.3. The molecule has 238 valence electrons. The first-order valence-corrected chi connectivity index (χ1v) is 17.8. The molecule has 1 aromatic carbocycles.